The Morgan fingerprint density at radius 2 is 2.00 bits per heavy atom. The van der Waals surface area contributed by atoms with Gasteiger partial charge in [0.05, 0.1) is 0 Å². The van der Waals surface area contributed by atoms with Crippen LogP contribution in [-0.2, 0) is 4.79 Å². The Bertz CT molecular complexity index is 253. The lowest BCUT2D eigenvalue weighted by molar-refractivity contribution is -0.138. The minimum Gasteiger partial charge on any atom is -0.480 e. The molecule has 0 aliphatic rings. The van der Waals surface area contributed by atoms with Crippen LogP contribution in [0.15, 0.2) is 24.5 Å². The molecule has 0 bridgehead atoms. The van der Waals surface area contributed by atoms with E-state index in [0.717, 1.165) is 0 Å². The summed E-state index contributed by atoms with van der Waals surface area (Å²) in [5.74, 6) is -1.03. The molecular formula is C7H9ClN2O2. The van der Waals surface area contributed by atoms with Gasteiger partial charge in [-0.3, -0.25) is 9.78 Å². The first-order chi connectivity index (χ1) is 5.22. The monoisotopic (exact) mass is 188 g/mol. The van der Waals surface area contributed by atoms with Crippen LogP contribution in [0.3, 0.4) is 0 Å². The van der Waals surface area contributed by atoms with E-state index in [1.807, 2.05) is 0 Å². The molecular weight excluding hydrogens is 180 g/mol. The number of carboxylic acids is 1. The van der Waals surface area contributed by atoms with Crippen molar-refractivity contribution >= 4 is 18.4 Å². The number of halogens is 1. The van der Waals surface area contributed by atoms with Gasteiger partial charge in [0.25, 0.3) is 0 Å². The summed E-state index contributed by atoms with van der Waals surface area (Å²) in [5.41, 5.74) is 5.87. The Labute approximate surface area is 75.8 Å². The van der Waals surface area contributed by atoms with Gasteiger partial charge < -0.3 is 10.8 Å². The predicted octanol–water partition coefficient (Wildman–Crippen LogP) is 0.588. The van der Waals surface area contributed by atoms with E-state index in [0.29, 0.717) is 5.56 Å². The van der Waals surface area contributed by atoms with Crippen molar-refractivity contribution < 1.29 is 9.90 Å². The molecule has 0 fully saturated rings. The van der Waals surface area contributed by atoms with Gasteiger partial charge in [-0.05, 0) is 17.7 Å². The fourth-order valence-corrected chi connectivity index (χ4v) is 0.713. The third kappa shape index (κ3) is 2.48. The van der Waals surface area contributed by atoms with Crippen LogP contribution in [0.4, 0.5) is 0 Å². The quantitative estimate of drug-likeness (QED) is 0.712. The van der Waals surface area contributed by atoms with Crippen LogP contribution < -0.4 is 5.73 Å². The average molecular weight is 189 g/mol. The van der Waals surface area contributed by atoms with Gasteiger partial charge >= 0.3 is 5.97 Å². The number of aromatic nitrogens is 1. The van der Waals surface area contributed by atoms with E-state index in [1.54, 1.807) is 12.1 Å². The molecule has 1 rings (SSSR count). The highest BCUT2D eigenvalue weighted by molar-refractivity contribution is 5.85. The third-order valence-electron chi connectivity index (χ3n) is 1.33. The maximum absolute atomic E-state index is 10.4. The molecule has 0 aromatic carbocycles. The van der Waals surface area contributed by atoms with Crippen LogP contribution in [-0.4, -0.2) is 16.1 Å². The molecule has 1 heterocycles. The molecule has 0 amide bonds. The first kappa shape index (κ1) is 10.9. The Balaban J connectivity index is 0.00000121. The first-order valence-corrected chi connectivity index (χ1v) is 3.10. The van der Waals surface area contributed by atoms with Gasteiger partial charge in [0, 0.05) is 12.4 Å². The normalized spacial score (nSPS) is 11.4. The van der Waals surface area contributed by atoms with Crippen LogP contribution in [0.25, 0.3) is 0 Å². The third-order valence-corrected chi connectivity index (χ3v) is 1.33. The van der Waals surface area contributed by atoms with Crippen molar-refractivity contribution in [3.63, 3.8) is 0 Å². The van der Waals surface area contributed by atoms with Crippen molar-refractivity contribution in [3.05, 3.63) is 30.1 Å². The lowest BCUT2D eigenvalue weighted by atomic mass is 10.1. The molecule has 1 aromatic rings. The molecule has 66 valence electrons. The van der Waals surface area contributed by atoms with Crippen molar-refractivity contribution in [2.24, 2.45) is 5.73 Å². The number of carboxylic acid groups (broad SMARTS) is 1. The fraction of sp³-hybridized carbons (Fsp3) is 0.143. The Kier molecular flexibility index (Phi) is 4.25. The molecule has 0 saturated carbocycles. The summed E-state index contributed by atoms with van der Waals surface area (Å²) in [7, 11) is 0. The molecule has 0 radical (unpaired) electrons. The highest BCUT2D eigenvalue weighted by Crippen LogP contribution is 2.07. The second-order valence-corrected chi connectivity index (χ2v) is 2.10. The zero-order chi connectivity index (χ0) is 8.27. The van der Waals surface area contributed by atoms with Gasteiger partial charge in [-0.2, -0.15) is 0 Å². The van der Waals surface area contributed by atoms with Crippen LogP contribution in [0.1, 0.15) is 11.6 Å². The van der Waals surface area contributed by atoms with Crippen LogP contribution >= 0.6 is 12.4 Å². The molecule has 12 heavy (non-hydrogen) atoms. The number of nitrogens with zero attached hydrogens (tertiary/aromatic N) is 1. The topological polar surface area (TPSA) is 76.2 Å². The maximum Gasteiger partial charge on any atom is 0.325 e. The molecule has 0 aliphatic carbocycles. The first-order valence-electron chi connectivity index (χ1n) is 3.10. The van der Waals surface area contributed by atoms with Gasteiger partial charge in [0.15, 0.2) is 0 Å². The zero-order valence-electron chi connectivity index (χ0n) is 6.18. The molecule has 0 spiro atoms. The summed E-state index contributed by atoms with van der Waals surface area (Å²) in [6, 6.07) is 2.22. The fourth-order valence-electron chi connectivity index (χ4n) is 0.713. The van der Waals surface area contributed by atoms with Crippen LogP contribution in [0.2, 0.25) is 0 Å². The largest absolute Gasteiger partial charge is 0.480 e. The summed E-state index contributed by atoms with van der Waals surface area (Å²) in [6.45, 7) is 0. The van der Waals surface area contributed by atoms with Crippen LogP contribution in [0, 0.1) is 0 Å². The molecule has 4 nitrogen and oxygen atoms in total. The SMILES string of the molecule is Cl.NC(C(=O)O)c1ccncc1. The predicted molar refractivity (Wildman–Crippen MR) is 46.0 cm³/mol. The number of aliphatic carboxylic acids is 1. The molecule has 0 saturated heterocycles. The summed E-state index contributed by atoms with van der Waals surface area (Å²) in [4.78, 5) is 14.1. The standard InChI is InChI=1S/C7H8N2O2.ClH/c8-6(7(10)11)5-1-3-9-4-2-5;/h1-4,6H,8H2,(H,10,11);1H. The minimum atomic E-state index is -1.03. The lowest BCUT2D eigenvalue weighted by Crippen LogP contribution is -2.20. The highest BCUT2D eigenvalue weighted by atomic mass is 35.5. The zero-order valence-corrected chi connectivity index (χ0v) is 6.99. The van der Waals surface area contributed by atoms with E-state index in [-0.39, 0.29) is 12.4 Å². The number of pyridine rings is 1. The Hall–Kier alpha value is -1.13. The van der Waals surface area contributed by atoms with E-state index in [4.69, 9.17) is 10.8 Å². The number of nitrogens with two attached hydrogens (primary N) is 1. The number of rotatable bonds is 2. The number of hydrogen-bond acceptors (Lipinski definition) is 3. The van der Waals surface area contributed by atoms with Gasteiger partial charge in [-0.15, -0.1) is 12.4 Å². The lowest BCUT2D eigenvalue weighted by Gasteiger charge is -2.04. The number of hydrogen-bond donors (Lipinski definition) is 2. The van der Waals surface area contributed by atoms with Gasteiger partial charge in [0.2, 0.25) is 0 Å². The summed E-state index contributed by atoms with van der Waals surface area (Å²) in [5, 5.41) is 8.49. The number of carbonyl (C=O) groups is 1. The summed E-state index contributed by atoms with van der Waals surface area (Å²) >= 11 is 0. The van der Waals surface area contributed by atoms with Crippen molar-refractivity contribution in [1.29, 1.82) is 0 Å². The minimum absolute atomic E-state index is 0. The second kappa shape index (κ2) is 4.69. The molecule has 3 N–H and O–H groups in total. The van der Waals surface area contributed by atoms with E-state index < -0.39 is 12.0 Å². The van der Waals surface area contributed by atoms with Crippen LogP contribution in [0.5, 0.6) is 0 Å². The Morgan fingerprint density at radius 3 is 2.42 bits per heavy atom. The molecule has 5 heteroatoms. The Morgan fingerprint density at radius 1 is 1.50 bits per heavy atom. The molecule has 1 atom stereocenters. The van der Waals surface area contributed by atoms with E-state index >= 15 is 0 Å². The van der Waals surface area contributed by atoms with Gasteiger partial charge in [-0.1, -0.05) is 0 Å². The summed E-state index contributed by atoms with van der Waals surface area (Å²) in [6.07, 6.45) is 3.02. The van der Waals surface area contributed by atoms with Crippen molar-refractivity contribution in [3.8, 4) is 0 Å². The maximum atomic E-state index is 10.4. The summed E-state index contributed by atoms with van der Waals surface area (Å²) < 4.78 is 0. The van der Waals surface area contributed by atoms with Crippen molar-refractivity contribution in [1.82, 2.24) is 4.98 Å². The molecule has 0 aliphatic heterocycles. The average Bonchev–Trinajstić information content (AvgIpc) is 2.05. The van der Waals surface area contributed by atoms with Gasteiger partial charge in [0.1, 0.15) is 6.04 Å². The smallest absolute Gasteiger partial charge is 0.325 e. The second-order valence-electron chi connectivity index (χ2n) is 2.10. The van der Waals surface area contributed by atoms with Crippen molar-refractivity contribution in [2.45, 2.75) is 6.04 Å². The van der Waals surface area contributed by atoms with E-state index in [1.165, 1.54) is 12.4 Å². The van der Waals surface area contributed by atoms with Gasteiger partial charge in [-0.25, -0.2) is 0 Å². The molecule has 1 unspecified atom stereocenters. The van der Waals surface area contributed by atoms with E-state index in [9.17, 15) is 4.79 Å². The van der Waals surface area contributed by atoms with E-state index in [2.05, 4.69) is 4.98 Å². The van der Waals surface area contributed by atoms with Crippen molar-refractivity contribution in [2.75, 3.05) is 0 Å². The molecule has 1 aromatic heterocycles. The highest BCUT2D eigenvalue weighted by Gasteiger charge is 2.12.